The molecule has 2 aliphatic heterocycles. The molecule has 3 heterocycles. The molecule has 0 saturated carbocycles. The minimum atomic E-state index is -0.0623. The molecular weight excluding hydrogens is 316 g/mol. The minimum Gasteiger partial charge on any atom is -0.376 e. The quantitative estimate of drug-likeness (QED) is 0.926. The Kier molecular flexibility index (Phi) is 4.61. The van der Waals surface area contributed by atoms with Crippen LogP contribution in [-0.2, 0) is 17.7 Å². The van der Waals surface area contributed by atoms with Crippen molar-refractivity contribution in [1.29, 1.82) is 0 Å². The van der Waals surface area contributed by atoms with E-state index in [0.717, 1.165) is 39.0 Å². The summed E-state index contributed by atoms with van der Waals surface area (Å²) in [7, 11) is 0. The summed E-state index contributed by atoms with van der Waals surface area (Å²) in [5, 5.41) is 3.22. The van der Waals surface area contributed by atoms with Crippen LogP contribution in [0, 0.1) is 0 Å². The van der Waals surface area contributed by atoms with Crippen LogP contribution in [0.3, 0.4) is 0 Å². The number of hydrogen-bond acceptors (Lipinski definition) is 5. The van der Waals surface area contributed by atoms with Gasteiger partial charge in [0.15, 0.2) is 0 Å². The Morgan fingerprint density at radius 3 is 2.88 bits per heavy atom. The molecule has 1 atom stereocenters. The topological polar surface area (TPSA) is 67.3 Å². The fourth-order valence-electron chi connectivity index (χ4n) is 3.38. The lowest BCUT2D eigenvalue weighted by molar-refractivity contribution is 0.0728. The van der Waals surface area contributed by atoms with Crippen molar-refractivity contribution in [3.05, 3.63) is 53.5 Å². The zero-order valence-electron chi connectivity index (χ0n) is 14.1. The Bertz CT molecular complexity index is 741. The number of benzene rings is 1. The first-order valence-corrected chi connectivity index (χ1v) is 8.83. The highest BCUT2D eigenvalue weighted by Crippen LogP contribution is 2.20. The van der Waals surface area contributed by atoms with Gasteiger partial charge in [0.2, 0.25) is 0 Å². The van der Waals surface area contributed by atoms with Gasteiger partial charge in [0, 0.05) is 26.2 Å². The molecule has 1 saturated heterocycles. The number of fused-ring (bicyclic) bond motifs is 1. The second-order valence-electron chi connectivity index (χ2n) is 6.55. The first kappa shape index (κ1) is 16.0. The maximum atomic E-state index is 12.7. The Hall–Kier alpha value is -2.47. The highest BCUT2D eigenvalue weighted by Gasteiger charge is 2.22. The van der Waals surface area contributed by atoms with Crippen molar-refractivity contribution in [1.82, 2.24) is 14.9 Å². The maximum Gasteiger partial charge on any atom is 0.274 e. The van der Waals surface area contributed by atoms with Crippen molar-refractivity contribution in [2.24, 2.45) is 0 Å². The van der Waals surface area contributed by atoms with E-state index in [2.05, 4.69) is 27.4 Å². The van der Waals surface area contributed by atoms with Crippen LogP contribution in [-0.4, -0.2) is 46.6 Å². The van der Waals surface area contributed by atoms with Crippen LogP contribution >= 0.6 is 0 Å². The average molecular weight is 338 g/mol. The van der Waals surface area contributed by atoms with Crippen LogP contribution in [0.25, 0.3) is 0 Å². The molecule has 0 radical (unpaired) electrons. The standard InChI is InChI=1S/C19H22N4O2/c24-19(23-8-7-14-4-1-2-5-15(14)13-23)17-11-22-18(12-20-17)21-10-16-6-3-9-25-16/h1-2,4-5,11-12,16H,3,6-10,13H2,(H,21,22). The summed E-state index contributed by atoms with van der Waals surface area (Å²) in [4.78, 5) is 23.1. The van der Waals surface area contributed by atoms with E-state index in [1.807, 2.05) is 17.0 Å². The molecular formula is C19H22N4O2. The number of carbonyl (C=O) groups excluding carboxylic acids is 1. The summed E-state index contributed by atoms with van der Waals surface area (Å²) in [6.45, 7) is 2.92. The molecule has 1 unspecified atom stereocenters. The Morgan fingerprint density at radius 2 is 2.12 bits per heavy atom. The molecule has 6 nitrogen and oxygen atoms in total. The summed E-state index contributed by atoms with van der Waals surface area (Å²) in [5.41, 5.74) is 2.93. The number of rotatable bonds is 4. The Labute approximate surface area is 147 Å². The highest BCUT2D eigenvalue weighted by atomic mass is 16.5. The van der Waals surface area contributed by atoms with Gasteiger partial charge in [-0.1, -0.05) is 24.3 Å². The molecule has 1 fully saturated rings. The number of aromatic nitrogens is 2. The molecule has 0 bridgehead atoms. The Morgan fingerprint density at radius 1 is 1.24 bits per heavy atom. The van der Waals surface area contributed by atoms with Crippen molar-refractivity contribution in [3.63, 3.8) is 0 Å². The minimum absolute atomic E-state index is 0.0623. The van der Waals surface area contributed by atoms with Gasteiger partial charge in [0.1, 0.15) is 11.5 Å². The average Bonchev–Trinajstić information content (AvgIpc) is 3.19. The lowest BCUT2D eigenvalue weighted by Crippen LogP contribution is -2.36. The van der Waals surface area contributed by atoms with Crippen LogP contribution in [0.2, 0.25) is 0 Å². The zero-order chi connectivity index (χ0) is 17.1. The van der Waals surface area contributed by atoms with Crippen molar-refractivity contribution in [2.75, 3.05) is 25.0 Å². The number of ether oxygens (including phenoxy) is 1. The van der Waals surface area contributed by atoms with E-state index in [0.29, 0.717) is 18.1 Å². The van der Waals surface area contributed by atoms with E-state index in [-0.39, 0.29) is 12.0 Å². The third-order valence-electron chi connectivity index (χ3n) is 4.82. The van der Waals surface area contributed by atoms with Gasteiger partial charge < -0.3 is 15.0 Å². The molecule has 1 aromatic carbocycles. The van der Waals surface area contributed by atoms with Gasteiger partial charge >= 0.3 is 0 Å². The van der Waals surface area contributed by atoms with Gasteiger partial charge in [-0.15, -0.1) is 0 Å². The smallest absolute Gasteiger partial charge is 0.274 e. The third kappa shape index (κ3) is 3.64. The molecule has 0 spiro atoms. The van der Waals surface area contributed by atoms with E-state index in [1.165, 1.54) is 11.1 Å². The summed E-state index contributed by atoms with van der Waals surface area (Å²) in [6, 6.07) is 8.27. The van der Waals surface area contributed by atoms with Gasteiger partial charge in [-0.2, -0.15) is 0 Å². The molecule has 6 heteroatoms. The van der Waals surface area contributed by atoms with Crippen LogP contribution in [0.15, 0.2) is 36.7 Å². The summed E-state index contributed by atoms with van der Waals surface area (Å²) in [5.74, 6) is 0.615. The van der Waals surface area contributed by atoms with E-state index in [9.17, 15) is 4.79 Å². The number of amides is 1. The van der Waals surface area contributed by atoms with Crippen molar-refractivity contribution < 1.29 is 9.53 Å². The van der Waals surface area contributed by atoms with Gasteiger partial charge in [0.25, 0.3) is 5.91 Å². The summed E-state index contributed by atoms with van der Waals surface area (Å²) < 4.78 is 5.57. The normalized spacial score (nSPS) is 19.5. The lowest BCUT2D eigenvalue weighted by Gasteiger charge is -2.28. The van der Waals surface area contributed by atoms with E-state index >= 15 is 0 Å². The fourth-order valence-corrected chi connectivity index (χ4v) is 3.38. The number of nitrogens with one attached hydrogen (secondary N) is 1. The number of carbonyl (C=O) groups is 1. The molecule has 25 heavy (non-hydrogen) atoms. The molecule has 1 aromatic heterocycles. The van der Waals surface area contributed by atoms with Crippen LogP contribution in [0.4, 0.5) is 5.82 Å². The molecule has 2 aromatic rings. The predicted octanol–water partition coefficient (Wildman–Crippen LogP) is 2.27. The molecule has 1 amide bonds. The molecule has 4 rings (SSSR count). The van der Waals surface area contributed by atoms with Crippen LogP contribution in [0.1, 0.15) is 34.5 Å². The van der Waals surface area contributed by atoms with E-state index in [4.69, 9.17) is 4.74 Å². The van der Waals surface area contributed by atoms with Crippen LogP contribution < -0.4 is 5.32 Å². The number of nitrogens with zero attached hydrogens (tertiary/aromatic N) is 3. The number of hydrogen-bond donors (Lipinski definition) is 1. The number of anilines is 1. The highest BCUT2D eigenvalue weighted by molar-refractivity contribution is 5.92. The Balaban J connectivity index is 1.37. The zero-order valence-corrected chi connectivity index (χ0v) is 14.1. The summed E-state index contributed by atoms with van der Waals surface area (Å²) >= 11 is 0. The third-order valence-corrected chi connectivity index (χ3v) is 4.82. The van der Waals surface area contributed by atoms with E-state index in [1.54, 1.807) is 12.4 Å². The predicted molar refractivity (Wildman–Crippen MR) is 94.4 cm³/mol. The van der Waals surface area contributed by atoms with Gasteiger partial charge in [0.05, 0.1) is 18.5 Å². The van der Waals surface area contributed by atoms with Crippen LogP contribution in [0.5, 0.6) is 0 Å². The molecule has 0 aliphatic carbocycles. The second kappa shape index (κ2) is 7.19. The maximum absolute atomic E-state index is 12.7. The van der Waals surface area contributed by atoms with Crippen molar-refractivity contribution in [2.45, 2.75) is 31.9 Å². The first-order valence-electron chi connectivity index (χ1n) is 8.83. The van der Waals surface area contributed by atoms with Gasteiger partial charge in [-0.05, 0) is 30.4 Å². The molecule has 130 valence electrons. The van der Waals surface area contributed by atoms with Gasteiger partial charge in [-0.25, -0.2) is 9.97 Å². The first-order chi connectivity index (χ1) is 12.3. The monoisotopic (exact) mass is 338 g/mol. The molecule has 1 N–H and O–H groups in total. The van der Waals surface area contributed by atoms with Gasteiger partial charge in [-0.3, -0.25) is 4.79 Å². The lowest BCUT2D eigenvalue weighted by atomic mass is 10.00. The summed E-state index contributed by atoms with van der Waals surface area (Å²) in [6.07, 6.45) is 6.51. The van der Waals surface area contributed by atoms with Crippen molar-refractivity contribution >= 4 is 11.7 Å². The fraction of sp³-hybridized carbons (Fsp3) is 0.421. The SMILES string of the molecule is O=C(c1cnc(NCC2CCCO2)cn1)N1CCc2ccccc2C1. The van der Waals surface area contributed by atoms with Crippen molar-refractivity contribution in [3.8, 4) is 0 Å². The molecule has 2 aliphatic rings. The van der Waals surface area contributed by atoms with E-state index < -0.39 is 0 Å². The second-order valence-corrected chi connectivity index (χ2v) is 6.55. The largest absolute Gasteiger partial charge is 0.376 e.